The third-order valence-corrected chi connectivity index (χ3v) is 5.66. The minimum absolute atomic E-state index is 0.689. The summed E-state index contributed by atoms with van der Waals surface area (Å²) in [6.07, 6.45) is 3.19. The Morgan fingerprint density at radius 3 is 2.36 bits per heavy atom. The molecule has 4 rings (SSSR count). The number of pyridine rings is 1. The Morgan fingerprint density at radius 2 is 1.68 bits per heavy atom. The monoisotopic (exact) mass is 357 g/mol. The molecule has 3 heterocycles. The van der Waals surface area contributed by atoms with E-state index in [2.05, 4.69) is 67.1 Å². The maximum Gasteiger partial charge on any atom is 0.0544 e. The fraction of sp³-hybridized carbons (Fsp3) is 0.389. The van der Waals surface area contributed by atoms with Gasteiger partial charge in [0.25, 0.3) is 0 Å². The molecule has 0 spiro atoms. The van der Waals surface area contributed by atoms with Crippen molar-refractivity contribution in [2.24, 2.45) is 0 Å². The van der Waals surface area contributed by atoms with Crippen molar-refractivity contribution in [1.82, 2.24) is 14.8 Å². The minimum Gasteiger partial charge on any atom is -0.293 e. The lowest BCUT2D eigenvalue weighted by atomic mass is 10.2. The molecule has 0 N–H and O–H groups in total. The summed E-state index contributed by atoms with van der Waals surface area (Å²) in [7, 11) is 0. The number of likely N-dealkylation sites (tertiary alicyclic amines) is 2. The molecule has 114 valence electrons. The van der Waals surface area contributed by atoms with Crippen molar-refractivity contribution in [3.8, 4) is 0 Å². The number of fused-ring (bicyclic) bond motifs is 2. The molecule has 0 aliphatic carbocycles. The zero-order valence-electron chi connectivity index (χ0n) is 12.5. The van der Waals surface area contributed by atoms with Crippen LogP contribution in [0.25, 0.3) is 0 Å². The maximum atomic E-state index is 4.46. The number of benzene rings is 1. The van der Waals surface area contributed by atoms with Crippen LogP contribution in [-0.4, -0.2) is 40.0 Å². The molecule has 1 aromatic heterocycles. The SMILES string of the molecule is Brc1ccccc1CN1CC2CC1CN2Cc1ccccn1. The summed E-state index contributed by atoms with van der Waals surface area (Å²) in [5.41, 5.74) is 2.58. The lowest BCUT2D eigenvalue weighted by Crippen LogP contribution is -2.45. The van der Waals surface area contributed by atoms with E-state index in [0.29, 0.717) is 12.1 Å². The van der Waals surface area contributed by atoms with Crippen molar-refractivity contribution in [2.75, 3.05) is 13.1 Å². The largest absolute Gasteiger partial charge is 0.293 e. The number of nitrogens with zero attached hydrogens (tertiary/aromatic N) is 3. The average molecular weight is 358 g/mol. The second-order valence-electron chi connectivity index (χ2n) is 6.31. The summed E-state index contributed by atoms with van der Waals surface area (Å²) in [5.74, 6) is 0. The second-order valence-corrected chi connectivity index (χ2v) is 7.17. The third-order valence-electron chi connectivity index (χ3n) is 4.89. The Kier molecular flexibility index (Phi) is 3.99. The molecule has 2 aromatic rings. The Morgan fingerprint density at radius 1 is 0.955 bits per heavy atom. The van der Waals surface area contributed by atoms with Gasteiger partial charge in [0.2, 0.25) is 0 Å². The zero-order valence-corrected chi connectivity index (χ0v) is 14.1. The van der Waals surface area contributed by atoms with E-state index in [0.717, 1.165) is 13.1 Å². The van der Waals surface area contributed by atoms with Crippen LogP contribution in [-0.2, 0) is 13.1 Å². The summed E-state index contributed by atoms with van der Waals surface area (Å²) in [4.78, 5) is 9.70. The first-order chi connectivity index (χ1) is 10.8. The van der Waals surface area contributed by atoms with E-state index in [1.54, 1.807) is 0 Å². The maximum absolute atomic E-state index is 4.46. The number of halogens is 1. The first kappa shape index (κ1) is 14.4. The average Bonchev–Trinajstić information content (AvgIpc) is 3.10. The fourth-order valence-electron chi connectivity index (χ4n) is 3.76. The van der Waals surface area contributed by atoms with Crippen molar-refractivity contribution < 1.29 is 0 Å². The van der Waals surface area contributed by atoms with Crippen LogP contribution in [0.15, 0.2) is 53.1 Å². The Hall–Kier alpha value is -1.23. The Labute approximate surface area is 140 Å². The highest BCUT2D eigenvalue weighted by Crippen LogP contribution is 2.33. The molecule has 22 heavy (non-hydrogen) atoms. The van der Waals surface area contributed by atoms with Gasteiger partial charge in [-0.05, 0) is 30.2 Å². The molecule has 0 radical (unpaired) electrons. The van der Waals surface area contributed by atoms with E-state index in [-0.39, 0.29) is 0 Å². The van der Waals surface area contributed by atoms with Gasteiger partial charge in [-0.1, -0.05) is 40.2 Å². The van der Waals surface area contributed by atoms with Gasteiger partial charge in [0.1, 0.15) is 0 Å². The van der Waals surface area contributed by atoms with E-state index in [1.807, 2.05) is 12.3 Å². The van der Waals surface area contributed by atoms with Gasteiger partial charge >= 0.3 is 0 Å². The molecule has 2 aliphatic rings. The third kappa shape index (κ3) is 2.83. The first-order valence-electron chi connectivity index (χ1n) is 7.91. The van der Waals surface area contributed by atoms with E-state index in [1.165, 1.54) is 35.2 Å². The minimum atomic E-state index is 0.689. The van der Waals surface area contributed by atoms with Crippen LogP contribution in [0.4, 0.5) is 0 Å². The van der Waals surface area contributed by atoms with Crippen LogP contribution in [0.5, 0.6) is 0 Å². The van der Waals surface area contributed by atoms with Gasteiger partial charge in [-0.3, -0.25) is 14.8 Å². The molecule has 2 aliphatic heterocycles. The normalized spacial score (nSPS) is 25.0. The lowest BCUT2D eigenvalue weighted by Gasteiger charge is -2.34. The highest BCUT2D eigenvalue weighted by Gasteiger charge is 2.42. The van der Waals surface area contributed by atoms with Crippen molar-refractivity contribution in [3.63, 3.8) is 0 Å². The molecule has 2 fully saturated rings. The summed E-state index contributed by atoms with van der Waals surface area (Å²) >= 11 is 3.67. The highest BCUT2D eigenvalue weighted by molar-refractivity contribution is 9.10. The molecule has 1 aromatic carbocycles. The predicted molar refractivity (Wildman–Crippen MR) is 91.4 cm³/mol. The van der Waals surface area contributed by atoms with Gasteiger partial charge in [0, 0.05) is 48.9 Å². The zero-order chi connectivity index (χ0) is 14.9. The van der Waals surface area contributed by atoms with Crippen LogP contribution >= 0.6 is 15.9 Å². The predicted octanol–water partition coefficient (Wildman–Crippen LogP) is 3.30. The molecule has 3 nitrogen and oxygen atoms in total. The van der Waals surface area contributed by atoms with Gasteiger partial charge < -0.3 is 0 Å². The van der Waals surface area contributed by atoms with Crippen molar-refractivity contribution >= 4 is 15.9 Å². The van der Waals surface area contributed by atoms with Crippen molar-refractivity contribution in [2.45, 2.75) is 31.6 Å². The molecule has 2 unspecified atom stereocenters. The number of rotatable bonds is 4. The van der Waals surface area contributed by atoms with Crippen LogP contribution in [0.1, 0.15) is 17.7 Å². The molecule has 2 atom stereocenters. The number of hydrogen-bond donors (Lipinski definition) is 0. The van der Waals surface area contributed by atoms with Crippen molar-refractivity contribution in [1.29, 1.82) is 0 Å². The van der Waals surface area contributed by atoms with Gasteiger partial charge in [0.15, 0.2) is 0 Å². The Balaban J connectivity index is 1.39. The molecule has 0 amide bonds. The highest BCUT2D eigenvalue weighted by atomic mass is 79.9. The van der Waals surface area contributed by atoms with E-state index >= 15 is 0 Å². The second kappa shape index (κ2) is 6.11. The molecular formula is C18H20BrN3. The number of piperazine rings is 1. The molecule has 2 bridgehead atoms. The number of aromatic nitrogens is 1. The topological polar surface area (TPSA) is 19.4 Å². The standard InChI is InChI=1S/C18H20BrN3/c19-18-7-2-1-5-14(18)10-21-12-17-9-16(21)13-22(17)11-15-6-3-4-8-20-15/h1-8,16-17H,9-13H2. The molecule has 4 heteroatoms. The van der Waals surface area contributed by atoms with Crippen molar-refractivity contribution in [3.05, 3.63) is 64.4 Å². The summed E-state index contributed by atoms with van der Waals surface area (Å²) in [6.45, 7) is 4.40. The van der Waals surface area contributed by atoms with Gasteiger partial charge in [0.05, 0.1) is 5.69 Å². The molecule has 0 saturated carbocycles. The van der Waals surface area contributed by atoms with Gasteiger partial charge in [-0.15, -0.1) is 0 Å². The summed E-state index contributed by atoms with van der Waals surface area (Å²) < 4.78 is 1.23. The smallest absolute Gasteiger partial charge is 0.0544 e. The number of hydrogen-bond acceptors (Lipinski definition) is 3. The summed E-state index contributed by atoms with van der Waals surface area (Å²) in [5, 5.41) is 0. The van der Waals surface area contributed by atoms with E-state index < -0.39 is 0 Å². The molecular weight excluding hydrogens is 338 g/mol. The van der Waals surface area contributed by atoms with Gasteiger partial charge in [-0.2, -0.15) is 0 Å². The van der Waals surface area contributed by atoms with E-state index in [9.17, 15) is 0 Å². The lowest BCUT2D eigenvalue weighted by molar-refractivity contribution is 0.117. The van der Waals surface area contributed by atoms with Crippen LogP contribution in [0, 0.1) is 0 Å². The van der Waals surface area contributed by atoms with Crippen LogP contribution in [0.3, 0.4) is 0 Å². The Bertz CT molecular complexity index is 646. The quantitative estimate of drug-likeness (QED) is 0.836. The van der Waals surface area contributed by atoms with E-state index in [4.69, 9.17) is 0 Å². The first-order valence-corrected chi connectivity index (χ1v) is 8.70. The molecule has 2 saturated heterocycles. The van der Waals surface area contributed by atoms with Crippen LogP contribution in [0.2, 0.25) is 0 Å². The van der Waals surface area contributed by atoms with Crippen LogP contribution < -0.4 is 0 Å². The van der Waals surface area contributed by atoms with Gasteiger partial charge in [-0.25, -0.2) is 0 Å². The fourth-order valence-corrected chi connectivity index (χ4v) is 4.17. The summed E-state index contributed by atoms with van der Waals surface area (Å²) in [6, 6.07) is 16.1.